The second-order valence-electron chi connectivity index (χ2n) is 7.77. The van der Waals surface area contributed by atoms with E-state index in [4.69, 9.17) is 0 Å². The fraction of sp³-hybridized carbons (Fsp3) is 0.261. The minimum atomic E-state index is -0.510. The molecule has 0 unspecified atom stereocenters. The predicted octanol–water partition coefficient (Wildman–Crippen LogP) is 3.58. The lowest BCUT2D eigenvalue weighted by molar-refractivity contribution is 0.491. The lowest BCUT2D eigenvalue weighted by Gasteiger charge is -2.13. The summed E-state index contributed by atoms with van der Waals surface area (Å²) in [6.45, 7) is 4.80. The highest BCUT2D eigenvalue weighted by Gasteiger charge is 2.19. The topological polar surface area (TPSA) is 61.8 Å². The normalized spacial score (nSPS) is 11.5. The molecule has 4 aromatic rings. The van der Waals surface area contributed by atoms with Gasteiger partial charge in [0.25, 0.3) is 5.56 Å². The predicted molar refractivity (Wildman–Crippen MR) is 115 cm³/mol. The van der Waals surface area contributed by atoms with E-state index >= 15 is 0 Å². The molecule has 4 rings (SSSR count). The first-order valence-electron chi connectivity index (χ1n) is 9.96. The number of hydrogen-bond acceptors (Lipinski definition) is 3. The minimum absolute atomic E-state index is 0.229. The molecule has 0 atom stereocenters. The van der Waals surface area contributed by atoms with Crippen molar-refractivity contribution in [3.05, 3.63) is 93.1 Å². The van der Waals surface area contributed by atoms with Gasteiger partial charge >= 0.3 is 5.69 Å². The Labute approximate surface area is 172 Å². The van der Waals surface area contributed by atoms with Crippen molar-refractivity contribution < 1.29 is 4.39 Å². The van der Waals surface area contributed by atoms with Crippen molar-refractivity contribution in [1.29, 1.82) is 0 Å². The molecule has 0 spiro atoms. The highest BCUT2D eigenvalue weighted by molar-refractivity contribution is 5.72. The molecule has 0 N–H and O–H groups in total. The average Bonchev–Trinajstić information content (AvgIpc) is 3.12. The number of rotatable bonds is 6. The lowest BCUT2D eigenvalue weighted by atomic mass is 10.1. The van der Waals surface area contributed by atoms with Crippen molar-refractivity contribution in [2.75, 3.05) is 0 Å². The Bertz CT molecular complexity index is 1300. The Morgan fingerprint density at radius 3 is 2.50 bits per heavy atom. The number of imidazole rings is 1. The number of fused-ring (bicyclic) bond motifs is 1. The first kappa shape index (κ1) is 19.8. The van der Waals surface area contributed by atoms with Gasteiger partial charge in [0, 0.05) is 13.1 Å². The van der Waals surface area contributed by atoms with Crippen LogP contribution >= 0.6 is 0 Å². The quantitative estimate of drug-likeness (QED) is 0.492. The fourth-order valence-corrected chi connectivity index (χ4v) is 3.51. The second kappa shape index (κ2) is 8.10. The number of hydrogen-bond donors (Lipinski definition) is 0. The molecule has 2 aromatic heterocycles. The van der Waals surface area contributed by atoms with E-state index in [1.165, 1.54) is 27.3 Å². The van der Waals surface area contributed by atoms with Crippen molar-refractivity contribution in [3.8, 4) is 5.69 Å². The minimum Gasteiger partial charge on any atom is -0.320 e. The second-order valence-corrected chi connectivity index (χ2v) is 7.77. The van der Waals surface area contributed by atoms with E-state index in [1.54, 1.807) is 17.0 Å². The molecule has 0 aliphatic rings. The number of benzene rings is 2. The summed E-state index contributed by atoms with van der Waals surface area (Å²) in [5, 5.41) is 0. The van der Waals surface area contributed by atoms with Crippen LogP contribution in [-0.2, 0) is 13.1 Å². The van der Waals surface area contributed by atoms with E-state index in [9.17, 15) is 14.0 Å². The van der Waals surface area contributed by atoms with Crippen LogP contribution in [0, 0.1) is 11.7 Å². The van der Waals surface area contributed by atoms with Crippen LogP contribution in [0.3, 0.4) is 0 Å². The van der Waals surface area contributed by atoms with Crippen LogP contribution in [0.5, 0.6) is 0 Å². The van der Waals surface area contributed by atoms with Crippen LogP contribution in [0.2, 0.25) is 0 Å². The van der Waals surface area contributed by atoms with Crippen molar-refractivity contribution >= 4 is 11.2 Å². The molecule has 0 amide bonds. The molecule has 0 saturated heterocycles. The Hall–Kier alpha value is -3.48. The summed E-state index contributed by atoms with van der Waals surface area (Å²) in [4.78, 5) is 30.9. The molecule has 0 bridgehead atoms. The van der Waals surface area contributed by atoms with Crippen molar-refractivity contribution in [3.63, 3.8) is 0 Å². The molecular weight excluding hydrogens is 383 g/mol. The van der Waals surface area contributed by atoms with E-state index in [-0.39, 0.29) is 17.8 Å². The van der Waals surface area contributed by atoms with Crippen LogP contribution in [0.4, 0.5) is 4.39 Å². The van der Waals surface area contributed by atoms with Gasteiger partial charge in [-0.3, -0.25) is 9.36 Å². The van der Waals surface area contributed by atoms with Gasteiger partial charge in [0.05, 0.1) is 12.0 Å². The molecule has 7 heteroatoms. The Morgan fingerprint density at radius 2 is 1.80 bits per heavy atom. The monoisotopic (exact) mass is 406 g/mol. The van der Waals surface area contributed by atoms with E-state index in [2.05, 4.69) is 4.98 Å². The molecular formula is C23H23FN4O2. The standard InChI is InChI=1S/C23H23FN4O2/c1-16(2)11-12-27-22(29)20-21(25-15-26(20)14-17-7-4-3-5-8-17)28(23(27)30)19-10-6-9-18(24)13-19/h3-10,13,15-16H,11-12,14H2,1-2H3. The smallest absolute Gasteiger partial charge is 0.320 e. The van der Waals surface area contributed by atoms with E-state index < -0.39 is 11.5 Å². The first-order valence-corrected chi connectivity index (χ1v) is 9.96. The Balaban J connectivity index is 1.98. The maximum atomic E-state index is 13.9. The molecule has 0 aliphatic carbocycles. The fourth-order valence-electron chi connectivity index (χ4n) is 3.51. The van der Waals surface area contributed by atoms with Gasteiger partial charge in [-0.25, -0.2) is 18.7 Å². The molecule has 0 fully saturated rings. The Kier molecular flexibility index (Phi) is 5.35. The SMILES string of the molecule is CC(C)CCn1c(=O)c2c(ncn2Cc2ccccc2)n(-c2cccc(F)c2)c1=O. The molecule has 154 valence electrons. The maximum absolute atomic E-state index is 13.9. The molecule has 0 aliphatic heterocycles. The average molecular weight is 406 g/mol. The van der Waals surface area contributed by atoms with Crippen LogP contribution in [0.1, 0.15) is 25.8 Å². The third kappa shape index (κ3) is 3.70. The molecule has 0 radical (unpaired) electrons. The van der Waals surface area contributed by atoms with Gasteiger partial charge in [-0.1, -0.05) is 50.2 Å². The Morgan fingerprint density at radius 1 is 1.03 bits per heavy atom. The van der Waals surface area contributed by atoms with Crippen LogP contribution in [0.25, 0.3) is 16.9 Å². The molecule has 0 saturated carbocycles. The maximum Gasteiger partial charge on any atom is 0.337 e. The van der Waals surface area contributed by atoms with Crippen LogP contribution in [0.15, 0.2) is 70.5 Å². The van der Waals surface area contributed by atoms with E-state index in [0.717, 1.165) is 5.56 Å². The van der Waals surface area contributed by atoms with Gasteiger partial charge < -0.3 is 4.57 Å². The number of halogens is 1. The number of nitrogens with zero attached hydrogens (tertiary/aromatic N) is 4. The van der Waals surface area contributed by atoms with Crippen LogP contribution < -0.4 is 11.2 Å². The molecule has 2 aromatic carbocycles. The van der Waals surface area contributed by atoms with Crippen molar-refractivity contribution in [2.24, 2.45) is 5.92 Å². The van der Waals surface area contributed by atoms with E-state index in [1.807, 2.05) is 44.2 Å². The molecule has 6 nitrogen and oxygen atoms in total. The molecule has 30 heavy (non-hydrogen) atoms. The zero-order valence-electron chi connectivity index (χ0n) is 17.0. The van der Waals surface area contributed by atoms with Gasteiger partial charge in [-0.2, -0.15) is 0 Å². The van der Waals surface area contributed by atoms with Gasteiger partial charge in [0.1, 0.15) is 5.82 Å². The third-order valence-corrected chi connectivity index (χ3v) is 5.09. The summed E-state index contributed by atoms with van der Waals surface area (Å²) < 4.78 is 18.2. The highest BCUT2D eigenvalue weighted by Crippen LogP contribution is 2.16. The van der Waals surface area contributed by atoms with E-state index in [0.29, 0.717) is 30.1 Å². The summed E-state index contributed by atoms with van der Waals surface area (Å²) in [7, 11) is 0. The number of aromatic nitrogens is 4. The third-order valence-electron chi connectivity index (χ3n) is 5.09. The first-order chi connectivity index (χ1) is 14.5. The molecule has 2 heterocycles. The largest absolute Gasteiger partial charge is 0.337 e. The van der Waals surface area contributed by atoms with Gasteiger partial charge in [-0.05, 0) is 36.1 Å². The van der Waals surface area contributed by atoms with Crippen molar-refractivity contribution in [1.82, 2.24) is 18.7 Å². The zero-order chi connectivity index (χ0) is 21.3. The summed E-state index contributed by atoms with van der Waals surface area (Å²) in [5.41, 5.74) is 1.01. The van der Waals surface area contributed by atoms with Crippen molar-refractivity contribution in [2.45, 2.75) is 33.4 Å². The lowest BCUT2D eigenvalue weighted by Crippen LogP contribution is -2.40. The highest BCUT2D eigenvalue weighted by atomic mass is 19.1. The summed E-state index contributed by atoms with van der Waals surface area (Å²) in [6.07, 6.45) is 2.23. The summed E-state index contributed by atoms with van der Waals surface area (Å²) in [6, 6.07) is 15.5. The van der Waals surface area contributed by atoms with Crippen LogP contribution in [-0.4, -0.2) is 18.7 Å². The summed E-state index contributed by atoms with van der Waals surface area (Å²) in [5.74, 6) is -0.139. The van der Waals surface area contributed by atoms with Gasteiger partial charge in [0.2, 0.25) is 0 Å². The summed E-state index contributed by atoms with van der Waals surface area (Å²) >= 11 is 0. The zero-order valence-corrected chi connectivity index (χ0v) is 17.0. The van der Waals surface area contributed by atoms with Gasteiger partial charge in [-0.15, -0.1) is 0 Å². The van der Waals surface area contributed by atoms with Gasteiger partial charge in [0.15, 0.2) is 11.2 Å².